The van der Waals surface area contributed by atoms with Gasteiger partial charge in [-0.25, -0.2) is 0 Å². The Labute approximate surface area is 193 Å². The van der Waals surface area contributed by atoms with Crippen LogP contribution in [0.2, 0.25) is 0 Å². The molecule has 1 saturated heterocycles. The van der Waals surface area contributed by atoms with Crippen molar-refractivity contribution in [1.29, 1.82) is 0 Å². The smallest absolute Gasteiger partial charge is 0.300 e. The number of aliphatic hydroxyl groups excluding tert-OH is 1. The van der Waals surface area contributed by atoms with Gasteiger partial charge in [0, 0.05) is 23.6 Å². The first-order chi connectivity index (χ1) is 15.8. The Hall–Kier alpha value is -3.93. The number of rotatable bonds is 5. The number of benzene rings is 2. The summed E-state index contributed by atoms with van der Waals surface area (Å²) in [6.45, 7) is 7.80. The Morgan fingerprint density at radius 3 is 2.24 bits per heavy atom. The molecule has 168 valence electrons. The highest BCUT2D eigenvalue weighted by atomic mass is 16.5. The number of aryl methyl sites for hydroxylation is 2. The maximum atomic E-state index is 13.2. The lowest BCUT2D eigenvalue weighted by atomic mass is 9.95. The van der Waals surface area contributed by atoms with Gasteiger partial charge >= 0.3 is 0 Å². The molecule has 2 aromatic carbocycles. The number of ketones is 1. The third-order valence-electron chi connectivity index (χ3n) is 5.73. The summed E-state index contributed by atoms with van der Waals surface area (Å²) in [7, 11) is 0. The predicted octanol–water partition coefficient (Wildman–Crippen LogP) is 5.11. The molecule has 0 bridgehead atoms. The number of aliphatic hydroxyl groups is 1. The minimum atomic E-state index is -0.776. The van der Waals surface area contributed by atoms with Crippen LogP contribution in [0, 0.1) is 13.8 Å². The molecule has 1 unspecified atom stereocenters. The number of pyridine rings is 1. The highest BCUT2D eigenvalue weighted by Crippen LogP contribution is 2.42. The fraction of sp³-hybridized carbons (Fsp3) is 0.222. The van der Waals surface area contributed by atoms with E-state index in [9.17, 15) is 14.7 Å². The lowest BCUT2D eigenvalue weighted by molar-refractivity contribution is -0.132. The first-order valence-electron chi connectivity index (χ1n) is 10.8. The van der Waals surface area contributed by atoms with Gasteiger partial charge in [-0.2, -0.15) is 0 Å². The van der Waals surface area contributed by atoms with Crippen molar-refractivity contribution in [2.75, 3.05) is 4.90 Å². The summed E-state index contributed by atoms with van der Waals surface area (Å²) in [6, 6.07) is 15.2. The van der Waals surface area contributed by atoms with E-state index in [1.807, 2.05) is 45.9 Å². The molecule has 0 saturated carbocycles. The van der Waals surface area contributed by atoms with Crippen molar-refractivity contribution < 1.29 is 19.4 Å². The highest BCUT2D eigenvalue weighted by Gasteiger charge is 2.47. The minimum absolute atomic E-state index is 0.0134. The van der Waals surface area contributed by atoms with Gasteiger partial charge in [-0.1, -0.05) is 6.07 Å². The molecule has 1 aliphatic heterocycles. The predicted molar refractivity (Wildman–Crippen MR) is 127 cm³/mol. The number of hydrogen-bond acceptors (Lipinski definition) is 5. The van der Waals surface area contributed by atoms with Gasteiger partial charge in [-0.3, -0.25) is 19.5 Å². The molecule has 0 aliphatic carbocycles. The van der Waals surface area contributed by atoms with E-state index in [4.69, 9.17) is 4.74 Å². The number of carbonyl (C=O) groups is 2. The third-order valence-corrected chi connectivity index (χ3v) is 5.73. The van der Waals surface area contributed by atoms with Crippen molar-refractivity contribution in [2.24, 2.45) is 0 Å². The van der Waals surface area contributed by atoms with Gasteiger partial charge in [-0.15, -0.1) is 0 Å². The van der Waals surface area contributed by atoms with Crippen LogP contribution in [0.5, 0.6) is 5.75 Å². The van der Waals surface area contributed by atoms with Gasteiger partial charge in [0.15, 0.2) is 0 Å². The highest BCUT2D eigenvalue weighted by molar-refractivity contribution is 6.51. The number of aromatic nitrogens is 1. The van der Waals surface area contributed by atoms with E-state index in [1.54, 1.807) is 48.8 Å². The lowest BCUT2D eigenvalue weighted by Crippen LogP contribution is -2.29. The van der Waals surface area contributed by atoms with Gasteiger partial charge in [0.1, 0.15) is 11.5 Å². The Morgan fingerprint density at radius 1 is 0.970 bits per heavy atom. The molecule has 4 rings (SSSR count). The molecule has 6 nitrogen and oxygen atoms in total. The zero-order valence-corrected chi connectivity index (χ0v) is 19.1. The average Bonchev–Trinajstić information content (AvgIpc) is 3.06. The molecule has 6 heteroatoms. The molecule has 0 spiro atoms. The fourth-order valence-electron chi connectivity index (χ4n) is 3.95. The molecule has 33 heavy (non-hydrogen) atoms. The third kappa shape index (κ3) is 4.24. The van der Waals surface area contributed by atoms with Crippen molar-refractivity contribution in [3.05, 3.63) is 94.8 Å². The largest absolute Gasteiger partial charge is 0.507 e. The number of hydrogen-bond donors (Lipinski definition) is 1. The van der Waals surface area contributed by atoms with Crippen LogP contribution in [0.3, 0.4) is 0 Å². The standard InChI is InChI=1S/C27H26N2O4/c1-16(2)33-22-9-6-20(7-10-22)25(30)23-24(19-11-13-28-14-12-19)29(27(32)26(23)31)21-8-5-17(3)18(4)15-21/h5-16,24,30H,1-4H3/b25-23+. The van der Waals surface area contributed by atoms with Crippen molar-refractivity contribution in [3.8, 4) is 5.75 Å². The first kappa shape index (κ1) is 22.3. The molecule has 1 N–H and O–H groups in total. The number of Topliss-reactive ketones (excluding diaryl/α,β-unsaturated/α-hetero) is 1. The van der Waals surface area contributed by atoms with Crippen LogP contribution in [-0.4, -0.2) is 27.9 Å². The molecule has 1 aliphatic rings. The van der Waals surface area contributed by atoms with Crippen molar-refractivity contribution in [1.82, 2.24) is 4.98 Å². The molecule has 1 atom stereocenters. The molecule has 1 aromatic heterocycles. The van der Waals surface area contributed by atoms with E-state index in [-0.39, 0.29) is 17.4 Å². The maximum Gasteiger partial charge on any atom is 0.300 e. The van der Waals surface area contributed by atoms with E-state index < -0.39 is 17.7 Å². The second kappa shape index (κ2) is 8.90. The van der Waals surface area contributed by atoms with Crippen LogP contribution >= 0.6 is 0 Å². The van der Waals surface area contributed by atoms with Crippen LogP contribution in [0.4, 0.5) is 5.69 Å². The van der Waals surface area contributed by atoms with E-state index >= 15 is 0 Å². The summed E-state index contributed by atoms with van der Waals surface area (Å²) in [5.74, 6) is -0.975. The quantitative estimate of drug-likeness (QED) is 0.337. The van der Waals surface area contributed by atoms with Gasteiger partial charge in [0.05, 0.1) is 17.7 Å². The summed E-state index contributed by atoms with van der Waals surface area (Å²) in [4.78, 5) is 31.9. The summed E-state index contributed by atoms with van der Waals surface area (Å²) in [6.07, 6.45) is 3.22. The zero-order valence-electron chi connectivity index (χ0n) is 19.1. The van der Waals surface area contributed by atoms with Gasteiger partial charge in [0.2, 0.25) is 0 Å². The van der Waals surface area contributed by atoms with Gasteiger partial charge in [-0.05, 0) is 92.9 Å². The summed E-state index contributed by atoms with van der Waals surface area (Å²) in [5.41, 5.74) is 3.85. The first-order valence-corrected chi connectivity index (χ1v) is 10.8. The van der Waals surface area contributed by atoms with Crippen LogP contribution in [0.1, 0.15) is 42.1 Å². The summed E-state index contributed by atoms with van der Waals surface area (Å²) in [5, 5.41) is 11.2. The number of carbonyl (C=O) groups excluding carboxylic acids is 2. The SMILES string of the molecule is Cc1ccc(N2C(=O)C(=O)/C(=C(/O)c3ccc(OC(C)C)cc3)C2c2ccncc2)cc1C. The molecule has 1 amide bonds. The van der Waals surface area contributed by atoms with Crippen molar-refractivity contribution >= 4 is 23.1 Å². The van der Waals surface area contributed by atoms with E-state index in [1.165, 1.54) is 4.90 Å². The minimum Gasteiger partial charge on any atom is -0.507 e. The number of amides is 1. The van der Waals surface area contributed by atoms with Crippen LogP contribution < -0.4 is 9.64 Å². The van der Waals surface area contributed by atoms with Crippen LogP contribution in [-0.2, 0) is 9.59 Å². The number of anilines is 1. The average molecular weight is 443 g/mol. The normalized spacial score (nSPS) is 17.6. The fourth-order valence-corrected chi connectivity index (χ4v) is 3.95. The Balaban J connectivity index is 1.86. The maximum absolute atomic E-state index is 13.2. The Morgan fingerprint density at radius 2 is 1.64 bits per heavy atom. The van der Waals surface area contributed by atoms with Crippen molar-refractivity contribution in [3.63, 3.8) is 0 Å². The molecule has 3 aromatic rings. The van der Waals surface area contributed by atoms with Crippen LogP contribution in [0.25, 0.3) is 5.76 Å². The molecule has 1 fully saturated rings. The van der Waals surface area contributed by atoms with Gasteiger partial charge in [0.25, 0.3) is 11.7 Å². The van der Waals surface area contributed by atoms with Gasteiger partial charge < -0.3 is 9.84 Å². The Bertz CT molecular complexity index is 1230. The van der Waals surface area contributed by atoms with E-state index in [0.29, 0.717) is 22.6 Å². The van der Waals surface area contributed by atoms with Crippen LogP contribution in [0.15, 0.2) is 72.6 Å². The zero-order chi connectivity index (χ0) is 23.7. The second-order valence-electron chi connectivity index (χ2n) is 8.41. The Kier molecular flexibility index (Phi) is 6.01. The number of nitrogens with zero attached hydrogens (tertiary/aromatic N) is 2. The summed E-state index contributed by atoms with van der Waals surface area (Å²) >= 11 is 0. The van der Waals surface area contributed by atoms with Crippen molar-refractivity contribution in [2.45, 2.75) is 39.8 Å². The second-order valence-corrected chi connectivity index (χ2v) is 8.41. The lowest BCUT2D eigenvalue weighted by Gasteiger charge is -2.26. The van der Waals surface area contributed by atoms with E-state index in [0.717, 1.165) is 11.1 Å². The topological polar surface area (TPSA) is 79.7 Å². The monoisotopic (exact) mass is 442 g/mol. The molecular formula is C27H26N2O4. The molecule has 0 radical (unpaired) electrons. The molecular weight excluding hydrogens is 416 g/mol. The summed E-state index contributed by atoms with van der Waals surface area (Å²) < 4.78 is 5.66. The van der Waals surface area contributed by atoms with E-state index in [2.05, 4.69) is 4.98 Å². The molecule has 2 heterocycles. The number of ether oxygens (including phenoxy) is 1.